The van der Waals surface area contributed by atoms with E-state index in [1.54, 1.807) is 7.11 Å². The van der Waals surface area contributed by atoms with Crippen LogP contribution in [0.4, 0.5) is 5.69 Å². The molecule has 2 nitrogen and oxygen atoms in total. The van der Waals surface area contributed by atoms with E-state index in [1.807, 2.05) is 30.0 Å². The molecule has 0 aliphatic heterocycles. The van der Waals surface area contributed by atoms with Crippen molar-refractivity contribution in [3.8, 4) is 5.75 Å². The molecule has 0 aliphatic rings. The van der Waals surface area contributed by atoms with Gasteiger partial charge in [0, 0.05) is 16.6 Å². The van der Waals surface area contributed by atoms with Gasteiger partial charge in [-0.15, -0.1) is 11.8 Å². The molecule has 0 spiro atoms. The summed E-state index contributed by atoms with van der Waals surface area (Å²) in [5, 5.41) is 0. The molecule has 0 amide bonds. The van der Waals surface area contributed by atoms with Gasteiger partial charge in [0.15, 0.2) is 0 Å². The average molecular weight is 253 g/mol. The Kier molecular flexibility index (Phi) is 5.19. The number of nitrogen functional groups attached to an aromatic ring is 1. The zero-order valence-electron chi connectivity index (χ0n) is 11.2. The lowest BCUT2D eigenvalue weighted by molar-refractivity contribution is 0.374. The predicted molar refractivity (Wildman–Crippen MR) is 76.8 cm³/mol. The molecule has 1 aromatic carbocycles. The summed E-state index contributed by atoms with van der Waals surface area (Å²) in [6, 6.07) is 5.84. The topological polar surface area (TPSA) is 35.2 Å². The minimum atomic E-state index is 0.422. The van der Waals surface area contributed by atoms with Crippen LogP contribution in [-0.4, -0.2) is 12.9 Å². The Balaban J connectivity index is 2.46. The lowest BCUT2D eigenvalue weighted by atomic mass is 9.91. The molecule has 0 aromatic heterocycles. The van der Waals surface area contributed by atoms with Crippen LogP contribution in [0.3, 0.4) is 0 Å². The quantitative estimate of drug-likeness (QED) is 0.485. The molecule has 0 fully saturated rings. The second-order valence-corrected chi connectivity index (χ2v) is 6.56. The second-order valence-electron chi connectivity index (χ2n) is 5.42. The molecule has 0 radical (unpaired) electrons. The number of methoxy groups -OCH3 is 1. The summed E-state index contributed by atoms with van der Waals surface area (Å²) in [4.78, 5) is 1.18. The number of ether oxygens (including phenoxy) is 1. The lowest BCUT2D eigenvalue weighted by Gasteiger charge is -2.17. The highest BCUT2D eigenvalue weighted by Crippen LogP contribution is 2.32. The van der Waals surface area contributed by atoms with Crippen molar-refractivity contribution in [1.82, 2.24) is 0 Å². The highest BCUT2D eigenvalue weighted by Gasteiger charge is 2.10. The van der Waals surface area contributed by atoms with Crippen LogP contribution in [0.25, 0.3) is 0 Å². The Labute approximate surface area is 109 Å². The van der Waals surface area contributed by atoms with Gasteiger partial charge >= 0.3 is 0 Å². The van der Waals surface area contributed by atoms with E-state index in [2.05, 4.69) is 20.8 Å². The van der Waals surface area contributed by atoms with E-state index in [1.165, 1.54) is 17.7 Å². The number of hydrogen-bond donors (Lipinski definition) is 1. The van der Waals surface area contributed by atoms with Crippen LogP contribution in [0, 0.1) is 5.41 Å². The van der Waals surface area contributed by atoms with Crippen molar-refractivity contribution in [2.24, 2.45) is 5.41 Å². The van der Waals surface area contributed by atoms with Gasteiger partial charge in [-0.05, 0) is 36.1 Å². The van der Waals surface area contributed by atoms with E-state index >= 15 is 0 Å². The molecule has 96 valence electrons. The van der Waals surface area contributed by atoms with E-state index in [9.17, 15) is 0 Å². The standard InChI is InChI=1S/C14H23NOS/c1-14(2,3)8-5-9-17-13-7-6-11(15)10-12(13)16-4/h6-7,10H,5,8-9,15H2,1-4H3. The van der Waals surface area contributed by atoms with Crippen molar-refractivity contribution < 1.29 is 4.74 Å². The molecule has 1 rings (SSSR count). The van der Waals surface area contributed by atoms with Crippen LogP contribution >= 0.6 is 11.8 Å². The number of hydrogen-bond acceptors (Lipinski definition) is 3. The highest BCUT2D eigenvalue weighted by atomic mass is 32.2. The lowest BCUT2D eigenvalue weighted by Crippen LogP contribution is -2.04. The van der Waals surface area contributed by atoms with Gasteiger partial charge in [0.1, 0.15) is 5.75 Å². The third-order valence-corrected chi connectivity index (χ3v) is 3.66. The maximum atomic E-state index is 5.73. The predicted octanol–water partition coefficient (Wildman–Crippen LogP) is 4.20. The van der Waals surface area contributed by atoms with Crippen molar-refractivity contribution in [1.29, 1.82) is 0 Å². The average Bonchev–Trinajstić information content (AvgIpc) is 2.24. The summed E-state index contributed by atoms with van der Waals surface area (Å²) >= 11 is 1.84. The number of anilines is 1. The molecule has 1 aromatic rings. The first-order chi connectivity index (χ1) is 7.92. The van der Waals surface area contributed by atoms with Crippen molar-refractivity contribution >= 4 is 17.4 Å². The maximum absolute atomic E-state index is 5.73. The molecule has 0 bridgehead atoms. The summed E-state index contributed by atoms with van der Waals surface area (Å²) in [6.07, 6.45) is 2.47. The largest absolute Gasteiger partial charge is 0.496 e. The molecule has 0 saturated heterocycles. The summed E-state index contributed by atoms with van der Waals surface area (Å²) in [5.41, 5.74) is 6.90. The first-order valence-corrected chi connectivity index (χ1v) is 6.97. The molecule has 2 N–H and O–H groups in total. The monoisotopic (exact) mass is 253 g/mol. The smallest absolute Gasteiger partial charge is 0.134 e. The first kappa shape index (κ1) is 14.2. The van der Waals surface area contributed by atoms with E-state index in [0.717, 1.165) is 17.2 Å². The minimum Gasteiger partial charge on any atom is -0.496 e. The van der Waals surface area contributed by atoms with E-state index in [4.69, 9.17) is 10.5 Å². The fourth-order valence-corrected chi connectivity index (χ4v) is 2.55. The molecule has 0 saturated carbocycles. The number of nitrogens with two attached hydrogens (primary N) is 1. The van der Waals surface area contributed by atoms with Gasteiger partial charge in [-0.3, -0.25) is 0 Å². The number of thioether (sulfide) groups is 1. The second kappa shape index (κ2) is 6.20. The highest BCUT2D eigenvalue weighted by molar-refractivity contribution is 7.99. The fraction of sp³-hybridized carbons (Fsp3) is 0.571. The Morgan fingerprint density at radius 3 is 2.59 bits per heavy atom. The van der Waals surface area contributed by atoms with E-state index in [0.29, 0.717) is 5.41 Å². The summed E-state index contributed by atoms with van der Waals surface area (Å²) < 4.78 is 5.32. The van der Waals surface area contributed by atoms with Gasteiger partial charge in [0.05, 0.1) is 7.11 Å². The van der Waals surface area contributed by atoms with Crippen LogP contribution < -0.4 is 10.5 Å². The van der Waals surface area contributed by atoms with Crippen molar-refractivity contribution in [3.63, 3.8) is 0 Å². The molecule has 0 aliphatic carbocycles. The van der Waals surface area contributed by atoms with Gasteiger partial charge < -0.3 is 10.5 Å². The Morgan fingerprint density at radius 1 is 1.29 bits per heavy atom. The van der Waals surface area contributed by atoms with E-state index < -0.39 is 0 Å². The Hall–Kier alpha value is -0.830. The van der Waals surface area contributed by atoms with Crippen molar-refractivity contribution in [3.05, 3.63) is 18.2 Å². The minimum absolute atomic E-state index is 0.422. The molecule has 3 heteroatoms. The number of benzene rings is 1. The summed E-state index contributed by atoms with van der Waals surface area (Å²) in [7, 11) is 1.69. The Morgan fingerprint density at radius 2 is 2.00 bits per heavy atom. The van der Waals surface area contributed by atoms with Crippen molar-refractivity contribution in [2.75, 3.05) is 18.6 Å². The van der Waals surface area contributed by atoms with Crippen LogP contribution in [0.2, 0.25) is 0 Å². The molecule has 0 heterocycles. The normalized spacial score (nSPS) is 11.5. The van der Waals surface area contributed by atoms with Gasteiger partial charge in [-0.1, -0.05) is 20.8 Å². The summed E-state index contributed by atoms with van der Waals surface area (Å²) in [6.45, 7) is 6.84. The maximum Gasteiger partial charge on any atom is 0.134 e. The Bertz CT molecular complexity index is 358. The van der Waals surface area contributed by atoms with Crippen molar-refractivity contribution in [2.45, 2.75) is 38.5 Å². The third kappa shape index (κ3) is 5.35. The molecular weight excluding hydrogens is 230 g/mol. The molecule has 0 unspecified atom stereocenters. The van der Waals surface area contributed by atoms with Crippen LogP contribution in [0.5, 0.6) is 5.75 Å². The van der Waals surface area contributed by atoms with Crippen LogP contribution in [-0.2, 0) is 0 Å². The van der Waals surface area contributed by atoms with Gasteiger partial charge in [-0.2, -0.15) is 0 Å². The van der Waals surface area contributed by atoms with Crippen LogP contribution in [0.15, 0.2) is 23.1 Å². The fourth-order valence-electron chi connectivity index (χ4n) is 1.59. The SMILES string of the molecule is COc1cc(N)ccc1SCCCC(C)(C)C. The van der Waals surface area contributed by atoms with Gasteiger partial charge in [-0.25, -0.2) is 0 Å². The summed E-state index contributed by atoms with van der Waals surface area (Å²) in [5.74, 6) is 2.00. The zero-order chi connectivity index (χ0) is 12.9. The van der Waals surface area contributed by atoms with Gasteiger partial charge in [0.25, 0.3) is 0 Å². The van der Waals surface area contributed by atoms with Gasteiger partial charge in [0.2, 0.25) is 0 Å². The zero-order valence-corrected chi connectivity index (χ0v) is 12.1. The third-order valence-electron chi connectivity index (χ3n) is 2.52. The molecular formula is C14H23NOS. The first-order valence-electron chi connectivity index (χ1n) is 5.99. The number of rotatable bonds is 5. The van der Waals surface area contributed by atoms with E-state index in [-0.39, 0.29) is 0 Å². The van der Waals surface area contributed by atoms with Crippen LogP contribution in [0.1, 0.15) is 33.6 Å². The molecule has 0 atom stereocenters. The molecule has 17 heavy (non-hydrogen) atoms.